The van der Waals surface area contributed by atoms with Crippen LogP contribution in [-0.2, 0) is 0 Å². The van der Waals surface area contributed by atoms with Crippen LogP contribution in [0.2, 0.25) is 0 Å². The van der Waals surface area contributed by atoms with Gasteiger partial charge in [-0.1, -0.05) is 24.3 Å². The van der Waals surface area contributed by atoms with Gasteiger partial charge in [0.25, 0.3) is 0 Å². The Hall–Kier alpha value is -2.35. The number of benzene rings is 2. The molecule has 23 heavy (non-hydrogen) atoms. The third-order valence-corrected chi connectivity index (χ3v) is 4.00. The first-order valence-corrected chi connectivity index (χ1v) is 7.77. The molecule has 3 rings (SSSR count). The van der Waals surface area contributed by atoms with Crippen molar-refractivity contribution in [2.45, 2.75) is 32.4 Å². The van der Waals surface area contributed by atoms with Gasteiger partial charge in [-0.3, -0.25) is 0 Å². The summed E-state index contributed by atoms with van der Waals surface area (Å²) in [6, 6.07) is 13.8. The zero-order valence-electron chi connectivity index (χ0n) is 13.6. The maximum atomic E-state index is 10.7. The van der Waals surface area contributed by atoms with Crippen molar-refractivity contribution in [3.63, 3.8) is 0 Å². The van der Waals surface area contributed by atoms with Crippen LogP contribution in [0.3, 0.4) is 0 Å². The van der Waals surface area contributed by atoms with Crippen molar-refractivity contribution < 1.29 is 5.11 Å². The minimum atomic E-state index is -0.635. The number of aromatic nitrogens is 1. The van der Waals surface area contributed by atoms with Crippen LogP contribution >= 0.6 is 0 Å². The summed E-state index contributed by atoms with van der Waals surface area (Å²) in [5.74, 6) is 0. The van der Waals surface area contributed by atoms with Gasteiger partial charge in [0.1, 0.15) is 6.07 Å². The number of H-pyrrole nitrogens is 1. The molecule has 0 saturated carbocycles. The molecule has 0 saturated heterocycles. The third kappa shape index (κ3) is 2.94. The Morgan fingerprint density at radius 1 is 1.22 bits per heavy atom. The van der Waals surface area contributed by atoms with E-state index in [1.807, 2.05) is 30.3 Å². The number of nitriles is 1. The first-order chi connectivity index (χ1) is 10.9. The number of β-amino-alcohol motifs (C(OH)–C–C–N with tert-alkyl or cyclic N) is 1. The summed E-state index contributed by atoms with van der Waals surface area (Å²) in [6.45, 7) is 6.67. The molecular formula is C19H21N3O. The predicted octanol–water partition coefficient (Wildman–Crippen LogP) is 3.61. The average Bonchev–Trinajstić information content (AvgIpc) is 2.90. The molecule has 2 aromatic carbocycles. The van der Waals surface area contributed by atoms with Crippen LogP contribution < -0.4 is 5.32 Å². The molecule has 4 nitrogen and oxygen atoms in total. The van der Waals surface area contributed by atoms with E-state index in [0.29, 0.717) is 12.1 Å². The largest absolute Gasteiger partial charge is 0.387 e. The Morgan fingerprint density at radius 3 is 2.65 bits per heavy atom. The van der Waals surface area contributed by atoms with E-state index >= 15 is 0 Å². The molecule has 1 aromatic heterocycles. The molecule has 0 aliphatic rings. The van der Waals surface area contributed by atoms with Gasteiger partial charge in [0, 0.05) is 28.4 Å². The summed E-state index contributed by atoms with van der Waals surface area (Å²) in [7, 11) is 0. The van der Waals surface area contributed by atoms with Gasteiger partial charge in [0.15, 0.2) is 0 Å². The lowest BCUT2D eigenvalue weighted by Gasteiger charge is -2.23. The van der Waals surface area contributed by atoms with E-state index in [9.17, 15) is 10.4 Å². The Balaban J connectivity index is 2.16. The van der Waals surface area contributed by atoms with E-state index in [1.54, 1.807) is 6.07 Å². The van der Waals surface area contributed by atoms with Crippen LogP contribution in [0.25, 0.3) is 21.8 Å². The van der Waals surface area contributed by atoms with Gasteiger partial charge < -0.3 is 15.4 Å². The standard InChI is InChI=1S/C19H21N3O/c1-19(2,3)21-11-16(23)14-9-8-12(10-20)18-17(14)13-6-4-5-7-15(13)22-18/h4-9,16,21-23H,11H2,1-3H3/t16-/m0/s1. The molecule has 0 fully saturated rings. The van der Waals surface area contributed by atoms with Crippen LogP contribution in [0.15, 0.2) is 36.4 Å². The number of nitrogens with zero attached hydrogens (tertiary/aromatic N) is 1. The molecule has 0 amide bonds. The van der Waals surface area contributed by atoms with Crippen molar-refractivity contribution in [1.29, 1.82) is 5.26 Å². The quantitative estimate of drug-likeness (QED) is 0.692. The molecule has 118 valence electrons. The third-order valence-electron chi connectivity index (χ3n) is 4.00. The van der Waals surface area contributed by atoms with Crippen molar-refractivity contribution in [3.8, 4) is 6.07 Å². The first-order valence-electron chi connectivity index (χ1n) is 7.77. The summed E-state index contributed by atoms with van der Waals surface area (Å²) >= 11 is 0. The summed E-state index contributed by atoms with van der Waals surface area (Å²) in [5, 5.41) is 25.3. The van der Waals surface area contributed by atoms with Crippen LogP contribution in [-0.4, -0.2) is 22.2 Å². The number of aromatic amines is 1. The van der Waals surface area contributed by atoms with Crippen molar-refractivity contribution in [2.75, 3.05) is 6.54 Å². The second kappa shape index (κ2) is 5.69. The second-order valence-electron chi connectivity index (χ2n) is 6.88. The SMILES string of the molecule is CC(C)(C)NC[C@H](O)c1ccc(C#N)c2[nH]c3ccccc3c12. The number of hydrogen-bond donors (Lipinski definition) is 3. The molecule has 0 radical (unpaired) electrons. The zero-order valence-corrected chi connectivity index (χ0v) is 13.6. The van der Waals surface area contributed by atoms with Crippen molar-refractivity contribution in [3.05, 3.63) is 47.5 Å². The molecule has 3 aromatic rings. The lowest BCUT2D eigenvalue weighted by molar-refractivity contribution is 0.165. The Kier molecular flexibility index (Phi) is 3.85. The van der Waals surface area contributed by atoms with Gasteiger partial charge in [-0.2, -0.15) is 5.26 Å². The molecule has 1 atom stereocenters. The average molecular weight is 307 g/mol. The minimum Gasteiger partial charge on any atom is -0.387 e. The highest BCUT2D eigenvalue weighted by atomic mass is 16.3. The molecule has 0 unspecified atom stereocenters. The summed E-state index contributed by atoms with van der Waals surface area (Å²) in [4.78, 5) is 3.31. The van der Waals surface area contributed by atoms with Gasteiger partial charge in [-0.05, 0) is 38.5 Å². The summed E-state index contributed by atoms with van der Waals surface area (Å²) < 4.78 is 0. The highest BCUT2D eigenvalue weighted by molar-refractivity contribution is 6.10. The number of para-hydroxylation sites is 1. The molecule has 0 spiro atoms. The van der Waals surface area contributed by atoms with Gasteiger partial charge in [0.05, 0.1) is 17.2 Å². The fraction of sp³-hybridized carbons (Fsp3) is 0.316. The van der Waals surface area contributed by atoms with Gasteiger partial charge in [0.2, 0.25) is 0 Å². The topological polar surface area (TPSA) is 71.8 Å². The number of hydrogen-bond acceptors (Lipinski definition) is 3. The lowest BCUT2D eigenvalue weighted by atomic mass is 9.98. The second-order valence-corrected chi connectivity index (χ2v) is 6.88. The van der Waals surface area contributed by atoms with Crippen LogP contribution in [0.4, 0.5) is 0 Å². The van der Waals surface area contributed by atoms with Crippen molar-refractivity contribution in [2.24, 2.45) is 0 Å². The maximum Gasteiger partial charge on any atom is 0.101 e. The number of fused-ring (bicyclic) bond motifs is 3. The number of nitrogens with one attached hydrogen (secondary N) is 2. The smallest absolute Gasteiger partial charge is 0.101 e. The Morgan fingerprint density at radius 2 is 1.96 bits per heavy atom. The summed E-state index contributed by atoms with van der Waals surface area (Å²) in [5.41, 5.74) is 3.14. The predicted molar refractivity (Wildman–Crippen MR) is 93.2 cm³/mol. The molecular weight excluding hydrogens is 286 g/mol. The maximum absolute atomic E-state index is 10.7. The molecule has 0 aliphatic carbocycles. The van der Waals surface area contributed by atoms with Crippen LogP contribution in [0.1, 0.15) is 38.0 Å². The Labute approximate surface area is 135 Å². The minimum absolute atomic E-state index is 0.0626. The number of aliphatic hydroxyl groups is 1. The van der Waals surface area contributed by atoms with Crippen molar-refractivity contribution in [1.82, 2.24) is 10.3 Å². The van der Waals surface area contributed by atoms with Gasteiger partial charge in [-0.25, -0.2) is 0 Å². The normalized spacial score (nSPS) is 13.3. The molecule has 3 N–H and O–H groups in total. The number of rotatable bonds is 3. The van der Waals surface area contributed by atoms with Gasteiger partial charge >= 0.3 is 0 Å². The van der Waals surface area contributed by atoms with E-state index < -0.39 is 6.10 Å². The molecule has 1 heterocycles. The Bertz CT molecular complexity index is 896. The molecule has 0 bridgehead atoms. The van der Waals surface area contributed by atoms with Crippen LogP contribution in [0, 0.1) is 11.3 Å². The summed E-state index contributed by atoms with van der Waals surface area (Å²) in [6.07, 6.45) is -0.635. The van der Waals surface area contributed by atoms with Crippen molar-refractivity contribution >= 4 is 21.8 Å². The van der Waals surface area contributed by atoms with E-state index in [4.69, 9.17) is 0 Å². The zero-order chi connectivity index (χ0) is 16.6. The van der Waals surface area contributed by atoms with Gasteiger partial charge in [-0.15, -0.1) is 0 Å². The highest BCUT2D eigenvalue weighted by Crippen LogP contribution is 2.33. The van der Waals surface area contributed by atoms with Crippen LogP contribution in [0.5, 0.6) is 0 Å². The fourth-order valence-electron chi connectivity index (χ4n) is 2.87. The lowest BCUT2D eigenvalue weighted by Crippen LogP contribution is -2.38. The molecule has 4 heteroatoms. The van der Waals surface area contributed by atoms with E-state index in [2.05, 4.69) is 37.1 Å². The monoisotopic (exact) mass is 307 g/mol. The number of aliphatic hydroxyl groups excluding tert-OH is 1. The highest BCUT2D eigenvalue weighted by Gasteiger charge is 2.19. The molecule has 0 aliphatic heterocycles. The fourth-order valence-corrected chi connectivity index (χ4v) is 2.87. The van der Waals surface area contributed by atoms with E-state index in [-0.39, 0.29) is 5.54 Å². The van der Waals surface area contributed by atoms with E-state index in [0.717, 1.165) is 27.4 Å². The van der Waals surface area contributed by atoms with E-state index in [1.165, 1.54) is 0 Å². The first kappa shape index (κ1) is 15.5.